The Morgan fingerprint density at radius 2 is 1.81 bits per heavy atom. The Kier molecular flexibility index (Phi) is 4.73. The average molecular weight is 439 g/mol. The summed E-state index contributed by atoms with van der Waals surface area (Å²) in [5.74, 6) is -0.632. The van der Waals surface area contributed by atoms with Crippen LogP contribution in [0.5, 0.6) is 11.5 Å². The maximum absolute atomic E-state index is 13.1. The molecule has 0 spiro atoms. The molecule has 0 bridgehead atoms. The number of H-pyrrole nitrogens is 1. The number of hydrogen-bond acceptors (Lipinski definition) is 4. The number of benzene rings is 3. The first-order valence-corrected chi connectivity index (χ1v) is 9.71. The summed E-state index contributed by atoms with van der Waals surface area (Å²) >= 11 is 0. The molecule has 1 atom stereocenters. The van der Waals surface area contributed by atoms with Crippen LogP contribution in [0.3, 0.4) is 0 Å². The van der Waals surface area contributed by atoms with Gasteiger partial charge in [-0.25, -0.2) is 4.98 Å². The third-order valence-corrected chi connectivity index (χ3v) is 5.16. The van der Waals surface area contributed by atoms with Gasteiger partial charge in [-0.05, 0) is 35.4 Å². The Morgan fingerprint density at radius 1 is 1.00 bits per heavy atom. The highest BCUT2D eigenvalue weighted by Crippen LogP contribution is 2.36. The second kappa shape index (κ2) is 7.60. The van der Waals surface area contributed by atoms with Crippen molar-refractivity contribution in [1.29, 1.82) is 0 Å². The Hall–Kier alpha value is -4.01. The third-order valence-electron chi connectivity index (χ3n) is 5.16. The highest BCUT2D eigenvalue weighted by atomic mass is 19.4. The van der Waals surface area contributed by atoms with Gasteiger partial charge in [0.05, 0.1) is 22.6 Å². The number of ether oxygens (including phenoxy) is 2. The van der Waals surface area contributed by atoms with E-state index in [0.29, 0.717) is 22.6 Å². The first-order valence-electron chi connectivity index (χ1n) is 9.71. The standard InChI is InChI=1S/C23H16F3N3O3/c24-23(25,26)22-27-16-10-9-14(11-17(16)28-22)19(13-5-2-1-3-6-13)29-21(30)15-7-4-8-18-20(15)32-12-31-18/h1-11,19H,12H2,(H,27,28)(H,29,30). The Morgan fingerprint density at radius 3 is 2.59 bits per heavy atom. The highest BCUT2D eigenvalue weighted by Gasteiger charge is 2.35. The summed E-state index contributed by atoms with van der Waals surface area (Å²) in [5.41, 5.74) is 2.08. The lowest BCUT2D eigenvalue weighted by atomic mass is 9.97. The molecule has 3 aromatic carbocycles. The van der Waals surface area contributed by atoms with Crippen molar-refractivity contribution in [2.45, 2.75) is 12.2 Å². The summed E-state index contributed by atoms with van der Waals surface area (Å²) in [4.78, 5) is 19.1. The van der Waals surface area contributed by atoms with Gasteiger partial charge in [-0.15, -0.1) is 0 Å². The van der Waals surface area contributed by atoms with Crippen molar-refractivity contribution in [3.63, 3.8) is 0 Å². The molecule has 2 N–H and O–H groups in total. The van der Waals surface area contributed by atoms with Gasteiger partial charge in [0, 0.05) is 0 Å². The number of carbonyl (C=O) groups is 1. The van der Waals surface area contributed by atoms with E-state index in [0.717, 1.165) is 5.56 Å². The molecule has 0 fully saturated rings. The molecular formula is C23H16F3N3O3. The summed E-state index contributed by atoms with van der Waals surface area (Å²) < 4.78 is 49.9. The maximum Gasteiger partial charge on any atom is 0.449 e. The van der Waals surface area contributed by atoms with Crippen LogP contribution in [-0.2, 0) is 6.18 Å². The van der Waals surface area contributed by atoms with Gasteiger partial charge in [0.2, 0.25) is 12.6 Å². The zero-order valence-corrected chi connectivity index (χ0v) is 16.4. The van der Waals surface area contributed by atoms with E-state index in [1.807, 2.05) is 30.3 Å². The lowest BCUT2D eigenvalue weighted by molar-refractivity contribution is -0.144. The van der Waals surface area contributed by atoms with Crippen LogP contribution >= 0.6 is 0 Å². The number of alkyl halides is 3. The smallest absolute Gasteiger partial charge is 0.449 e. The molecule has 0 radical (unpaired) electrons. The van der Waals surface area contributed by atoms with Gasteiger partial charge < -0.3 is 19.8 Å². The van der Waals surface area contributed by atoms with Crippen LogP contribution in [0.25, 0.3) is 11.0 Å². The fourth-order valence-electron chi connectivity index (χ4n) is 3.66. The fraction of sp³-hybridized carbons (Fsp3) is 0.130. The topological polar surface area (TPSA) is 76.2 Å². The predicted octanol–water partition coefficient (Wildman–Crippen LogP) is 4.83. The number of aromatic nitrogens is 2. The van der Waals surface area contributed by atoms with Crippen molar-refractivity contribution < 1.29 is 27.4 Å². The molecule has 1 amide bonds. The van der Waals surface area contributed by atoms with Crippen molar-refractivity contribution in [2.24, 2.45) is 0 Å². The minimum absolute atomic E-state index is 0.0276. The van der Waals surface area contributed by atoms with E-state index >= 15 is 0 Å². The molecule has 1 aliphatic heterocycles. The summed E-state index contributed by atoms with van der Waals surface area (Å²) in [6.45, 7) is 0.0276. The number of fused-ring (bicyclic) bond motifs is 2. The van der Waals surface area contributed by atoms with Gasteiger partial charge >= 0.3 is 6.18 Å². The van der Waals surface area contributed by atoms with Crippen LogP contribution < -0.4 is 14.8 Å². The first kappa shape index (κ1) is 19.9. The largest absolute Gasteiger partial charge is 0.454 e. The molecule has 32 heavy (non-hydrogen) atoms. The van der Waals surface area contributed by atoms with Crippen molar-refractivity contribution in [3.8, 4) is 11.5 Å². The molecule has 4 aromatic rings. The number of aromatic amines is 1. The number of nitrogens with one attached hydrogen (secondary N) is 2. The van der Waals surface area contributed by atoms with Crippen molar-refractivity contribution in [2.75, 3.05) is 6.79 Å². The molecular weight excluding hydrogens is 423 g/mol. The SMILES string of the molecule is O=C(NC(c1ccccc1)c1ccc2nc(C(F)(F)F)[nH]c2c1)c1cccc2c1OCO2. The number of halogens is 3. The molecule has 1 unspecified atom stereocenters. The fourth-order valence-corrected chi connectivity index (χ4v) is 3.66. The molecule has 162 valence electrons. The second-order valence-corrected chi connectivity index (χ2v) is 7.22. The second-order valence-electron chi connectivity index (χ2n) is 7.22. The van der Waals surface area contributed by atoms with E-state index in [-0.39, 0.29) is 17.8 Å². The summed E-state index contributed by atoms with van der Waals surface area (Å²) in [7, 11) is 0. The molecule has 0 saturated carbocycles. The van der Waals surface area contributed by atoms with Crippen molar-refractivity contribution in [3.05, 3.63) is 89.2 Å². The van der Waals surface area contributed by atoms with E-state index in [2.05, 4.69) is 15.3 Å². The average Bonchev–Trinajstić information content (AvgIpc) is 3.44. The minimum Gasteiger partial charge on any atom is -0.454 e. The van der Waals surface area contributed by atoms with Gasteiger partial charge in [0.1, 0.15) is 0 Å². The van der Waals surface area contributed by atoms with Gasteiger partial charge in [-0.1, -0.05) is 42.5 Å². The molecule has 1 aromatic heterocycles. The number of para-hydroxylation sites is 1. The molecule has 2 heterocycles. The van der Waals surface area contributed by atoms with Gasteiger partial charge in [0.25, 0.3) is 5.91 Å². The van der Waals surface area contributed by atoms with E-state index in [1.54, 1.807) is 30.3 Å². The number of nitrogens with zero attached hydrogens (tertiary/aromatic N) is 1. The maximum atomic E-state index is 13.1. The monoisotopic (exact) mass is 439 g/mol. The molecule has 9 heteroatoms. The Bertz CT molecular complexity index is 1300. The zero-order chi connectivity index (χ0) is 22.3. The molecule has 0 aliphatic carbocycles. The number of carbonyl (C=O) groups excluding carboxylic acids is 1. The number of imidazole rings is 1. The predicted molar refractivity (Wildman–Crippen MR) is 109 cm³/mol. The quantitative estimate of drug-likeness (QED) is 0.478. The molecule has 1 aliphatic rings. The van der Waals surface area contributed by atoms with E-state index in [4.69, 9.17) is 9.47 Å². The van der Waals surface area contributed by atoms with Gasteiger partial charge in [-0.2, -0.15) is 13.2 Å². The zero-order valence-electron chi connectivity index (χ0n) is 16.4. The van der Waals surface area contributed by atoms with Crippen molar-refractivity contribution in [1.82, 2.24) is 15.3 Å². The Labute approximate surface area is 180 Å². The van der Waals surface area contributed by atoms with Crippen LogP contribution in [0.4, 0.5) is 13.2 Å². The van der Waals surface area contributed by atoms with Crippen LogP contribution in [0, 0.1) is 0 Å². The Balaban J connectivity index is 1.54. The van der Waals surface area contributed by atoms with Crippen LogP contribution in [0.2, 0.25) is 0 Å². The highest BCUT2D eigenvalue weighted by molar-refractivity contribution is 5.98. The van der Waals surface area contributed by atoms with Crippen molar-refractivity contribution >= 4 is 16.9 Å². The molecule has 6 nitrogen and oxygen atoms in total. The lowest BCUT2D eigenvalue weighted by Crippen LogP contribution is -2.29. The van der Waals surface area contributed by atoms with Gasteiger partial charge in [-0.3, -0.25) is 4.79 Å². The van der Waals surface area contributed by atoms with E-state index in [1.165, 1.54) is 6.07 Å². The number of rotatable bonds is 4. The minimum atomic E-state index is -4.58. The third kappa shape index (κ3) is 3.62. The first-order chi connectivity index (χ1) is 15.4. The number of amides is 1. The molecule has 5 rings (SSSR count). The normalized spacial score (nSPS) is 13.8. The van der Waals surface area contributed by atoms with Crippen LogP contribution in [0.15, 0.2) is 66.7 Å². The summed E-state index contributed by atoms with van der Waals surface area (Å²) in [5, 5.41) is 2.97. The van der Waals surface area contributed by atoms with Gasteiger partial charge in [0.15, 0.2) is 11.5 Å². The van der Waals surface area contributed by atoms with E-state index < -0.39 is 23.9 Å². The van der Waals surface area contributed by atoms with Crippen LogP contribution in [-0.4, -0.2) is 22.7 Å². The van der Waals surface area contributed by atoms with E-state index in [9.17, 15) is 18.0 Å². The number of hydrogen-bond donors (Lipinski definition) is 2. The lowest BCUT2D eigenvalue weighted by Gasteiger charge is -2.20. The van der Waals surface area contributed by atoms with Crippen LogP contribution in [0.1, 0.15) is 33.4 Å². The summed E-state index contributed by atoms with van der Waals surface area (Å²) in [6.07, 6.45) is -4.58. The summed E-state index contributed by atoms with van der Waals surface area (Å²) in [6, 6.07) is 18.2. The molecule has 0 saturated heterocycles.